The van der Waals surface area contributed by atoms with Crippen molar-refractivity contribution in [2.45, 2.75) is 12.8 Å². The first-order chi connectivity index (χ1) is 8.53. The quantitative estimate of drug-likeness (QED) is 0.743. The third-order valence-corrected chi connectivity index (χ3v) is 4.34. The summed E-state index contributed by atoms with van der Waals surface area (Å²) in [5.74, 6) is 0.825. The summed E-state index contributed by atoms with van der Waals surface area (Å²) >= 11 is 5.73. The molecule has 18 heavy (non-hydrogen) atoms. The summed E-state index contributed by atoms with van der Waals surface area (Å²) in [7, 11) is -3.04. The zero-order valence-electron chi connectivity index (χ0n) is 10.1. The van der Waals surface area contributed by atoms with E-state index in [1.54, 1.807) is 24.3 Å². The summed E-state index contributed by atoms with van der Waals surface area (Å²) in [6, 6.07) is 6.83. The van der Waals surface area contributed by atoms with Crippen LogP contribution in [0.25, 0.3) is 0 Å². The van der Waals surface area contributed by atoms with E-state index in [9.17, 15) is 8.42 Å². The number of benzene rings is 1. The van der Waals surface area contributed by atoms with E-state index in [1.165, 1.54) is 0 Å². The summed E-state index contributed by atoms with van der Waals surface area (Å²) in [6.07, 6.45) is 1.34. The molecule has 0 aliphatic heterocycles. The van der Waals surface area contributed by atoms with Crippen molar-refractivity contribution in [2.24, 2.45) is 5.73 Å². The van der Waals surface area contributed by atoms with Crippen LogP contribution in [0.2, 0.25) is 5.02 Å². The highest BCUT2D eigenvalue weighted by Gasteiger charge is 2.10. The molecule has 0 radical (unpaired) electrons. The van der Waals surface area contributed by atoms with Crippen LogP contribution in [0.1, 0.15) is 12.8 Å². The molecule has 102 valence electrons. The molecular formula is C12H18ClNO3S. The van der Waals surface area contributed by atoms with E-state index in [4.69, 9.17) is 22.1 Å². The fourth-order valence-electron chi connectivity index (χ4n) is 1.39. The van der Waals surface area contributed by atoms with Crippen molar-refractivity contribution in [2.75, 3.05) is 24.7 Å². The molecule has 1 rings (SSSR count). The molecule has 0 aliphatic carbocycles. The Morgan fingerprint density at radius 2 is 1.78 bits per heavy atom. The molecule has 4 nitrogen and oxygen atoms in total. The molecule has 0 aromatic heterocycles. The van der Waals surface area contributed by atoms with Gasteiger partial charge >= 0.3 is 0 Å². The van der Waals surface area contributed by atoms with Crippen LogP contribution in [0.3, 0.4) is 0 Å². The van der Waals surface area contributed by atoms with Gasteiger partial charge in [-0.1, -0.05) is 11.6 Å². The van der Waals surface area contributed by atoms with Crippen molar-refractivity contribution in [1.82, 2.24) is 0 Å². The van der Waals surface area contributed by atoms with Gasteiger partial charge < -0.3 is 10.5 Å². The number of hydrogen-bond donors (Lipinski definition) is 1. The zero-order valence-corrected chi connectivity index (χ0v) is 11.7. The predicted octanol–water partition coefficient (Wildman–Crippen LogP) is 1.87. The second-order valence-corrected chi connectivity index (χ2v) is 6.69. The highest BCUT2D eigenvalue weighted by atomic mass is 35.5. The topological polar surface area (TPSA) is 69.4 Å². The Balaban J connectivity index is 2.30. The lowest BCUT2D eigenvalue weighted by Crippen LogP contribution is -2.17. The van der Waals surface area contributed by atoms with Crippen LogP contribution in [-0.4, -0.2) is 33.1 Å². The minimum atomic E-state index is -3.04. The minimum absolute atomic E-state index is 0.0280. The van der Waals surface area contributed by atoms with Gasteiger partial charge in [-0.05, 0) is 43.7 Å². The number of rotatable bonds is 8. The van der Waals surface area contributed by atoms with Gasteiger partial charge in [-0.3, -0.25) is 0 Å². The van der Waals surface area contributed by atoms with Gasteiger partial charge in [0.1, 0.15) is 12.4 Å². The maximum Gasteiger partial charge on any atom is 0.153 e. The maximum atomic E-state index is 11.6. The number of hydrogen-bond acceptors (Lipinski definition) is 4. The molecular weight excluding hydrogens is 274 g/mol. The molecule has 2 N–H and O–H groups in total. The zero-order chi connectivity index (χ0) is 13.4. The molecule has 1 aromatic carbocycles. The van der Waals surface area contributed by atoms with E-state index < -0.39 is 9.84 Å². The van der Waals surface area contributed by atoms with Crippen molar-refractivity contribution in [3.05, 3.63) is 29.3 Å². The molecule has 1 aromatic rings. The second kappa shape index (κ2) is 7.61. The standard InChI is InChI=1S/C12H18ClNO3S/c13-11-3-5-12(6-4-11)17-8-10-18(15,16)9-2-1-7-14/h3-6H,1-2,7-10,14H2. The molecule has 0 amide bonds. The molecule has 0 heterocycles. The van der Waals surface area contributed by atoms with Gasteiger partial charge in [-0.25, -0.2) is 8.42 Å². The first-order valence-electron chi connectivity index (χ1n) is 5.82. The van der Waals surface area contributed by atoms with Crippen LogP contribution in [0.5, 0.6) is 5.75 Å². The summed E-state index contributed by atoms with van der Waals surface area (Å²) in [5.41, 5.74) is 5.32. The summed E-state index contributed by atoms with van der Waals surface area (Å²) in [6.45, 7) is 0.684. The Morgan fingerprint density at radius 1 is 1.11 bits per heavy atom. The van der Waals surface area contributed by atoms with Gasteiger partial charge in [-0.15, -0.1) is 0 Å². The van der Waals surface area contributed by atoms with Crippen LogP contribution in [0.15, 0.2) is 24.3 Å². The monoisotopic (exact) mass is 291 g/mol. The Morgan fingerprint density at radius 3 is 2.39 bits per heavy atom. The van der Waals surface area contributed by atoms with Gasteiger partial charge in [0, 0.05) is 5.02 Å². The molecule has 0 atom stereocenters. The van der Waals surface area contributed by atoms with Gasteiger partial charge in [-0.2, -0.15) is 0 Å². The predicted molar refractivity (Wildman–Crippen MR) is 73.9 cm³/mol. The van der Waals surface area contributed by atoms with Crippen molar-refractivity contribution in [1.29, 1.82) is 0 Å². The van der Waals surface area contributed by atoms with Crippen molar-refractivity contribution < 1.29 is 13.2 Å². The van der Waals surface area contributed by atoms with Gasteiger partial charge in [0.05, 0.1) is 11.5 Å². The largest absolute Gasteiger partial charge is 0.493 e. The van der Waals surface area contributed by atoms with Gasteiger partial charge in [0.25, 0.3) is 0 Å². The number of nitrogens with two attached hydrogens (primary N) is 1. The Hall–Kier alpha value is -0.780. The lowest BCUT2D eigenvalue weighted by Gasteiger charge is -2.07. The van der Waals surface area contributed by atoms with Crippen LogP contribution in [0.4, 0.5) is 0 Å². The van der Waals surface area contributed by atoms with Crippen molar-refractivity contribution >= 4 is 21.4 Å². The van der Waals surface area contributed by atoms with E-state index >= 15 is 0 Å². The van der Waals surface area contributed by atoms with E-state index in [1.807, 2.05) is 0 Å². The molecule has 0 spiro atoms. The molecule has 6 heteroatoms. The fraction of sp³-hybridized carbons (Fsp3) is 0.500. The van der Waals surface area contributed by atoms with E-state index in [0.717, 1.165) is 6.42 Å². The van der Waals surface area contributed by atoms with Crippen molar-refractivity contribution in [3.8, 4) is 5.75 Å². The number of ether oxygens (including phenoxy) is 1. The van der Waals surface area contributed by atoms with Crippen LogP contribution in [-0.2, 0) is 9.84 Å². The van der Waals surface area contributed by atoms with E-state index in [2.05, 4.69) is 0 Å². The first-order valence-corrected chi connectivity index (χ1v) is 8.02. The van der Waals surface area contributed by atoms with E-state index in [0.29, 0.717) is 23.7 Å². The molecule has 0 aliphatic rings. The SMILES string of the molecule is NCCCCS(=O)(=O)CCOc1ccc(Cl)cc1. The Bertz CT molecular complexity index is 445. The van der Waals surface area contributed by atoms with Gasteiger partial charge in [0.15, 0.2) is 9.84 Å². The average Bonchev–Trinajstić information content (AvgIpc) is 2.32. The van der Waals surface area contributed by atoms with Crippen LogP contribution in [0, 0.1) is 0 Å². The number of halogens is 1. The fourth-order valence-corrected chi connectivity index (χ4v) is 2.70. The first kappa shape index (κ1) is 15.3. The normalized spacial score (nSPS) is 11.4. The lowest BCUT2D eigenvalue weighted by atomic mass is 10.3. The average molecular weight is 292 g/mol. The molecule has 0 saturated carbocycles. The molecule has 0 bridgehead atoms. The number of sulfone groups is 1. The molecule has 0 saturated heterocycles. The maximum absolute atomic E-state index is 11.6. The summed E-state index contributed by atoms with van der Waals surface area (Å²) < 4.78 is 28.6. The van der Waals surface area contributed by atoms with Crippen LogP contribution >= 0.6 is 11.6 Å². The Kier molecular flexibility index (Phi) is 6.46. The highest BCUT2D eigenvalue weighted by molar-refractivity contribution is 7.91. The van der Waals surface area contributed by atoms with Crippen molar-refractivity contribution in [3.63, 3.8) is 0 Å². The summed E-state index contributed by atoms with van der Waals surface area (Å²) in [4.78, 5) is 0. The smallest absolute Gasteiger partial charge is 0.153 e. The highest BCUT2D eigenvalue weighted by Crippen LogP contribution is 2.15. The molecule has 0 fully saturated rings. The summed E-state index contributed by atoms with van der Waals surface area (Å²) in [5, 5.41) is 0.622. The minimum Gasteiger partial charge on any atom is -0.493 e. The Labute approximate surface area is 113 Å². The van der Waals surface area contributed by atoms with Gasteiger partial charge in [0.2, 0.25) is 0 Å². The number of unbranched alkanes of at least 4 members (excludes halogenated alkanes) is 1. The van der Waals surface area contributed by atoms with E-state index in [-0.39, 0.29) is 18.1 Å². The second-order valence-electron chi connectivity index (χ2n) is 3.95. The lowest BCUT2D eigenvalue weighted by molar-refractivity contribution is 0.341. The third kappa shape index (κ3) is 6.23. The third-order valence-electron chi connectivity index (χ3n) is 2.39. The molecule has 0 unspecified atom stereocenters. The van der Waals surface area contributed by atoms with Crippen LogP contribution < -0.4 is 10.5 Å².